The molecule has 0 aliphatic carbocycles. The molecular weight excluding hydrogens is 223 g/mol. The number of halogens is 1. The van der Waals surface area contributed by atoms with Crippen LogP contribution in [-0.2, 0) is 6.54 Å². The van der Waals surface area contributed by atoms with Crippen LogP contribution in [0.3, 0.4) is 0 Å². The summed E-state index contributed by atoms with van der Waals surface area (Å²) in [5, 5.41) is 7.56. The van der Waals surface area contributed by atoms with Crippen LogP contribution in [0.4, 0.5) is 10.2 Å². The molecule has 6 heteroatoms. The molecule has 0 fully saturated rings. The van der Waals surface area contributed by atoms with Gasteiger partial charge in [-0.25, -0.2) is 9.07 Å². The van der Waals surface area contributed by atoms with Gasteiger partial charge in [0.2, 0.25) is 0 Å². The van der Waals surface area contributed by atoms with Gasteiger partial charge in [-0.2, -0.15) is 0 Å². The van der Waals surface area contributed by atoms with Crippen molar-refractivity contribution in [3.8, 4) is 5.75 Å². The maximum Gasteiger partial charge on any atom is 0.168 e. The van der Waals surface area contributed by atoms with E-state index in [-0.39, 0.29) is 11.6 Å². The first-order chi connectivity index (χ1) is 8.18. The van der Waals surface area contributed by atoms with Crippen LogP contribution in [-0.4, -0.2) is 21.6 Å². The number of nitrogens with two attached hydrogens (primary N) is 1. The van der Waals surface area contributed by atoms with Gasteiger partial charge in [0.05, 0.1) is 12.2 Å². The van der Waals surface area contributed by atoms with Crippen LogP contribution in [0.25, 0.3) is 0 Å². The van der Waals surface area contributed by atoms with Gasteiger partial charge >= 0.3 is 0 Å². The summed E-state index contributed by atoms with van der Waals surface area (Å²) in [6.07, 6.45) is 0. The van der Waals surface area contributed by atoms with E-state index >= 15 is 0 Å². The lowest BCUT2D eigenvalue weighted by molar-refractivity contribution is 0.275. The highest BCUT2D eigenvalue weighted by Gasteiger charge is 2.05. The molecular formula is C11H13FN4O. The first-order valence-corrected chi connectivity index (χ1v) is 5.21. The largest absolute Gasteiger partial charge is 0.489 e. The lowest BCUT2D eigenvalue weighted by Gasteiger charge is -2.07. The molecule has 0 aliphatic rings. The van der Waals surface area contributed by atoms with E-state index in [0.717, 1.165) is 5.69 Å². The van der Waals surface area contributed by atoms with Crippen LogP contribution >= 0.6 is 0 Å². The zero-order valence-corrected chi connectivity index (χ0v) is 9.43. The summed E-state index contributed by atoms with van der Waals surface area (Å²) < 4.78 is 20.1. The van der Waals surface area contributed by atoms with Crippen LogP contribution in [0, 0.1) is 12.7 Å². The fraction of sp³-hybridized carbons (Fsp3) is 0.273. The van der Waals surface area contributed by atoms with Gasteiger partial charge in [0, 0.05) is 0 Å². The van der Waals surface area contributed by atoms with Crippen molar-refractivity contribution in [3.05, 3.63) is 35.8 Å². The number of rotatable bonds is 4. The van der Waals surface area contributed by atoms with E-state index < -0.39 is 0 Å². The number of anilines is 1. The Morgan fingerprint density at radius 1 is 1.41 bits per heavy atom. The third kappa shape index (κ3) is 2.52. The van der Waals surface area contributed by atoms with Crippen molar-refractivity contribution in [2.45, 2.75) is 13.5 Å². The monoisotopic (exact) mass is 236 g/mol. The summed E-state index contributed by atoms with van der Waals surface area (Å²) in [5.41, 5.74) is 6.33. The van der Waals surface area contributed by atoms with Gasteiger partial charge in [-0.15, -0.1) is 5.10 Å². The third-order valence-corrected chi connectivity index (χ3v) is 2.42. The number of para-hydroxylation sites is 1. The molecule has 1 aromatic carbocycles. The maximum absolute atomic E-state index is 13.2. The van der Waals surface area contributed by atoms with E-state index in [1.807, 2.05) is 6.92 Å². The molecule has 0 amide bonds. The molecule has 2 rings (SSSR count). The smallest absolute Gasteiger partial charge is 0.168 e. The molecule has 0 saturated carbocycles. The fourth-order valence-corrected chi connectivity index (χ4v) is 1.39. The Labute approximate surface area is 98.0 Å². The lowest BCUT2D eigenvalue weighted by atomic mass is 10.3. The second-order valence-corrected chi connectivity index (χ2v) is 3.56. The normalized spacial score (nSPS) is 10.5. The van der Waals surface area contributed by atoms with Crippen molar-refractivity contribution in [1.82, 2.24) is 15.0 Å². The number of hydrogen-bond donors (Lipinski definition) is 1. The predicted octanol–water partition coefficient (Wildman–Crippen LogP) is 1.39. The van der Waals surface area contributed by atoms with Crippen LogP contribution < -0.4 is 10.5 Å². The van der Waals surface area contributed by atoms with Crippen molar-refractivity contribution in [2.75, 3.05) is 12.3 Å². The Morgan fingerprint density at radius 3 is 2.82 bits per heavy atom. The molecule has 1 heterocycles. The Kier molecular flexibility index (Phi) is 3.22. The minimum absolute atomic E-state index is 0.234. The van der Waals surface area contributed by atoms with Crippen molar-refractivity contribution < 1.29 is 9.13 Å². The first-order valence-electron chi connectivity index (χ1n) is 5.21. The van der Waals surface area contributed by atoms with Gasteiger partial charge in [0.1, 0.15) is 6.61 Å². The van der Waals surface area contributed by atoms with Gasteiger partial charge in [-0.1, -0.05) is 17.3 Å². The number of hydrogen-bond acceptors (Lipinski definition) is 4. The summed E-state index contributed by atoms with van der Waals surface area (Å²) in [6.45, 7) is 2.60. The Hall–Kier alpha value is -2.11. The summed E-state index contributed by atoms with van der Waals surface area (Å²) in [6, 6.07) is 6.27. The molecule has 0 saturated heterocycles. The molecule has 0 spiro atoms. The van der Waals surface area contributed by atoms with Gasteiger partial charge in [-0.05, 0) is 19.1 Å². The van der Waals surface area contributed by atoms with E-state index in [2.05, 4.69) is 10.3 Å². The molecule has 0 aliphatic heterocycles. The standard InChI is InChI=1S/C11H13FN4O/c1-8-11(13)14-15-16(8)6-7-17-10-5-3-2-4-9(10)12/h2-5H,6-7,13H2,1H3. The molecule has 5 nitrogen and oxygen atoms in total. The van der Waals surface area contributed by atoms with E-state index in [1.54, 1.807) is 22.9 Å². The topological polar surface area (TPSA) is 66.0 Å². The second kappa shape index (κ2) is 4.82. The predicted molar refractivity (Wildman–Crippen MR) is 61.1 cm³/mol. The summed E-state index contributed by atoms with van der Waals surface area (Å²) >= 11 is 0. The Bertz CT molecular complexity index is 512. The van der Waals surface area contributed by atoms with Crippen molar-refractivity contribution >= 4 is 5.82 Å². The van der Waals surface area contributed by atoms with Crippen LogP contribution in [0.5, 0.6) is 5.75 Å². The number of aromatic nitrogens is 3. The molecule has 0 radical (unpaired) electrons. The van der Waals surface area contributed by atoms with E-state index in [9.17, 15) is 4.39 Å². The second-order valence-electron chi connectivity index (χ2n) is 3.56. The molecule has 90 valence electrons. The maximum atomic E-state index is 13.2. The molecule has 0 atom stereocenters. The van der Waals surface area contributed by atoms with E-state index in [4.69, 9.17) is 10.5 Å². The zero-order chi connectivity index (χ0) is 12.3. The average Bonchev–Trinajstić information content (AvgIpc) is 2.63. The Balaban J connectivity index is 1.92. The highest BCUT2D eigenvalue weighted by molar-refractivity contribution is 5.31. The first kappa shape index (κ1) is 11.4. The lowest BCUT2D eigenvalue weighted by Crippen LogP contribution is -2.11. The average molecular weight is 236 g/mol. The van der Waals surface area contributed by atoms with Crippen LogP contribution in [0.15, 0.2) is 24.3 Å². The highest BCUT2D eigenvalue weighted by atomic mass is 19.1. The molecule has 17 heavy (non-hydrogen) atoms. The number of ether oxygens (including phenoxy) is 1. The zero-order valence-electron chi connectivity index (χ0n) is 9.43. The van der Waals surface area contributed by atoms with E-state index in [0.29, 0.717) is 19.0 Å². The van der Waals surface area contributed by atoms with Crippen LogP contribution in [0.1, 0.15) is 5.69 Å². The number of nitrogen functional groups attached to an aromatic ring is 1. The van der Waals surface area contributed by atoms with Gasteiger partial charge < -0.3 is 10.5 Å². The van der Waals surface area contributed by atoms with Gasteiger partial charge in [-0.3, -0.25) is 0 Å². The minimum atomic E-state index is -0.373. The number of nitrogens with zero attached hydrogens (tertiary/aromatic N) is 3. The molecule has 2 aromatic rings. The third-order valence-electron chi connectivity index (χ3n) is 2.42. The van der Waals surface area contributed by atoms with E-state index in [1.165, 1.54) is 6.07 Å². The quantitative estimate of drug-likeness (QED) is 0.871. The van der Waals surface area contributed by atoms with Gasteiger partial charge in [0.25, 0.3) is 0 Å². The summed E-state index contributed by atoms with van der Waals surface area (Å²) in [4.78, 5) is 0. The Morgan fingerprint density at radius 2 is 2.18 bits per heavy atom. The summed E-state index contributed by atoms with van der Waals surface area (Å²) in [7, 11) is 0. The summed E-state index contributed by atoms with van der Waals surface area (Å²) in [5.74, 6) is 0.261. The minimum Gasteiger partial charge on any atom is -0.489 e. The van der Waals surface area contributed by atoms with Crippen molar-refractivity contribution in [2.24, 2.45) is 0 Å². The highest BCUT2D eigenvalue weighted by Crippen LogP contribution is 2.15. The van der Waals surface area contributed by atoms with Crippen molar-refractivity contribution in [3.63, 3.8) is 0 Å². The molecule has 0 bridgehead atoms. The van der Waals surface area contributed by atoms with Crippen molar-refractivity contribution in [1.29, 1.82) is 0 Å². The molecule has 2 N–H and O–H groups in total. The van der Waals surface area contributed by atoms with Gasteiger partial charge in [0.15, 0.2) is 17.4 Å². The molecule has 1 aromatic heterocycles. The number of benzene rings is 1. The molecule has 0 unspecified atom stereocenters. The fourth-order valence-electron chi connectivity index (χ4n) is 1.39. The van der Waals surface area contributed by atoms with Crippen LogP contribution in [0.2, 0.25) is 0 Å². The SMILES string of the molecule is Cc1c(N)nnn1CCOc1ccccc1F.